The third-order valence-electron chi connectivity index (χ3n) is 5.84. The molecule has 7 nitrogen and oxygen atoms in total. The first-order chi connectivity index (χ1) is 15.1. The predicted molar refractivity (Wildman–Crippen MR) is 117 cm³/mol. The lowest BCUT2D eigenvalue weighted by molar-refractivity contribution is -0.133. The number of aliphatic hydroxyl groups excluding tert-OH is 1. The molecule has 0 radical (unpaired) electrons. The van der Waals surface area contributed by atoms with Gasteiger partial charge >= 0.3 is 0 Å². The van der Waals surface area contributed by atoms with Crippen LogP contribution < -0.4 is 18.9 Å². The maximum Gasteiger partial charge on any atom is 0.226 e. The molecule has 0 spiro atoms. The minimum atomic E-state index is -0.186. The molecule has 0 saturated carbocycles. The SMILES string of the molecule is COc1cccc(C(Cc2cc(OC)c(OC)c(OC)c2)N2CCC(CCO)C2=O)c1. The molecule has 0 bridgehead atoms. The minimum Gasteiger partial charge on any atom is -0.497 e. The molecule has 1 fully saturated rings. The second kappa shape index (κ2) is 10.4. The maximum atomic E-state index is 13.1. The average molecular weight is 430 g/mol. The number of carbonyl (C=O) groups is 1. The lowest BCUT2D eigenvalue weighted by Gasteiger charge is -2.29. The highest BCUT2D eigenvalue weighted by Crippen LogP contribution is 2.41. The molecular weight excluding hydrogens is 398 g/mol. The van der Waals surface area contributed by atoms with E-state index in [1.54, 1.807) is 28.4 Å². The quantitative estimate of drug-likeness (QED) is 0.625. The molecule has 1 saturated heterocycles. The van der Waals surface area contributed by atoms with Crippen LogP contribution in [-0.2, 0) is 11.2 Å². The van der Waals surface area contributed by atoms with Crippen LogP contribution in [-0.4, -0.2) is 57.5 Å². The Morgan fingerprint density at radius 2 is 1.74 bits per heavy atom. The van der Waals surface area contributed by atoms with Crippen molar-refractivity contribution in [1.82, 2.24) is 4.90 Å². The first-order valence-corrected chi connectivity index (χ1v) is 10.4. The van der Waals surface area contributed by atoms with E-state index in [-0.39, 0.29) is 24.5 Å². The Bertz CT molecular complexity index is 874. The topological polar surface area (TPSA) is 77.5 Å². The van der Waals surface area contributed by atoms with Gasteiger partial charge < -0.3 is 29.0 Å². The van der Waals surface area contributed by atoms with Gasteiger partial charge in [-0.3, -0.25) is 4.79 Å². The van der Waals surface area contributed by atoms with Crippen LogP contribution in [0.15, 0.2) is 36.4 Å². The van der Waals surface area contributed by atoms with Crippen molar-refractivity contribution in [2.45, 2.75) is 25.3 Å². The fraction of sp³-hybridized carbons (Fsp3) is 0.458. The van der Waals surface area contributed by atoms with E-state index in [2.05, 4.69) is 0 Å². The zero-order valence-electron chi connectivity index (χ0n) is 18.6. The first-order valence-electron chi connectivity index (χ1n) is 10.4. The Balaban J connectivity index is 2.00. The van der Waals surface area contributed by atoms with Crippen LogP contribution in [0.3, 0.4) is 0 Å². The van der Waals surface area contributed by atoms with Gasteiger partial charge in [-0.2, -0.15) is 0 Å². The molecule has 2 aromatic rings. The van der Waals surface area contributed by atoms with Crippen molar-refractivity contribution >= 4 is 5.91 Å². The van der Waals surface area contributed by atoms with Gasteiger partial charge in [0.1, 0.15) is 5.75 Å². The number of carbonyl (C=O) groups excluding carboxylic acids is 1. The molecule has 2 atom stereocenters. The molecule has 0 aliphatic carbocycles. The van der Waals surface area contributed by atoms with Crippen LogP contribution in [0, 0.1) is 5.92 Å². The molecule has 3 rings (SSSR count). The summed E-state index contributed by atoms with van der Waals surface area (Å²) < 4.78 is 21.9. The van der Waals surface area contributed by atoms with Gasteiger partial charge in [-0.05, 0) is 54.7 Å². The number of ether oxygens (including phenoxy) is 4. The summed E-state index contributed by atoms with van der Waals surface area (Å²) in [5, 5.41) is 9.33. The molecular formula is C24H31NO6. The molecule has 31 heavy (non-hydrogen) atoms. The standard InChI is InChI=1S/C24H31NO6/c1-28-19-7-5-6-18(15-19)20(25-10-8-17(9-11-26)24(25)27)12-16-13-21(29-2)23(31-4)22(14-16)30-3/h5-7,13-15,17,20,26H,8-12H2,1-4H3. The van der Waals surface area contributed by atoms with Gasteiger partial charge in [-0.15, -0.1) is 0 Å². The predicted octanol–water partition coefficient (Wildman–Crippen LogP) is 3.24. The van der Waals surface area contributed by atoms with Crippen molar-refractivity contribution in [3.8, 4) is 23.0 Å². The van der Waals surface area contributed by atoms with E-state index >= 15 is 0 Å². The number of hydrogen-bond acceptors (Lipinski definition) is 6. The second-order valence-corrected chi connectivity index (χ2v) is 7.56. The van der Waals surface area contributed by atoms with E-state index in [1.165, 1.54) is 0 Å². The fourth-order valence-electron chi connectivity index (χ4n) is 4.23. The van der Waals surface area contributed by atoms with Crippen molar-refractivity contribution in [1.29, 1.82) is 0 Å². The van der Waals surface area contributed by atoms with E-state index in [0.29, 0.717) is 36.6 Å². The van der Waals surface area contributed by atoms with Gasteiger partial charge in [0, 0.05) is 19.1 Å². The Kier molecular flexibility index (Phi) is 7.63. The van der Waals surface area contributed by atoms with Crippen molar-refractivity contribution in [2.24, 2.45) is 5.92 Å². The summed E-state index contributed by atoms with van der Waals surface area (Å²) in [5.41, 5.74) is 1.95. The number of amides is 1. The summed E-state index contributed by atoms with van der Waals surface area (Å²) in [6, 6.07) is 11.4. The van der Waals surface area contributed by atoms with Crippen molar-refractivity contribution < 1.29 is 28.8 Å². The lowest BCUT2D eigenvalue weighted by Crippen LogP contribution is -2.33. The molecule has 1 aliphatic rings. The van der Waals surface area contributed by atoms with Crippen LogP contribution >= 0.6 is 0 Å². The highest BCUT2D eigenvalue weighted by atomic mass is 16.5. The van der Waals surface area contributed by atoms with E-state index in [1.807, 2.05) is 41.3 Å². The molecule has 168 valence electrons. The Morgan fingerprint density at radius 3 is 2.32 bits per heavy atom. The molecule has 2 unspecified atom stereocenters. The normalized spacial score (nSPS) is 16.9. The van der Waals surface area contributed by atoms with Crippen LogP contribution in [0.25, 0.3) is 0 Å². The van der Waals surface area contributed by atoms with Gasteiger partial charge in [0.15, 0.2) is 11.5 Å². The van der Waals surface area contributed by atoms with Crippen molar-refractivity contribution in [3.05, 3.63) is 47.5 Å². The average Bonchev–Trinajstić information content (AvgIpc) is 3.16. The number of benzene rings is 2. The number of hydrogen-bond donors (Lipinski definition) is 1. The summed E-state index contributed by atoms with van der Waals surface area (Å²) in [7, 11) is 6.38. The smallest absolute Gasteiger partial charge is 0.226 e. The third kappa shape index (κ3) is 4.88. The number of methoxy groups -OCH3 is 4. The van der Waals surface area contributed by atoms with Crippen LogP contribution in [0.1, 0.15) is 30.0 Å². The Hall–Kier alpha value is -2.93. The van der Waals surface area contributed by atoms with Crippen LogP contribution in [0.4, 0.5) is 0 Å². The van der Waals surface area contributed by atoms with E-state index in [0.717, 1.165) is 23.3 Å². The van der Waals surface area contributed by atoms with Gasteiger partial charge in [0.05, 0.1) is 34.5 Å². The minimum absolute atomic E-state index is 0.0148. The molecule has 1 heterocycles. The highest BCUT2D eigenvalue weighted by molar-refractivity contribution is 5.81. The number of likely N-dealkylation sites (tertiary alicyclic amines) is 1. The van der Waals surface area contributed by atoms with E-state index in [4.69, 9.17) is 18.9 Å². The fourth-order valence-corrected chi connectivity index (χ4v) is 4.23. The third-order valence-corrected chi connectivity index (χ3v) is 5.84. The Morgan fingerprint density at radius 1 is 1.03 bits per heavy atom. The molecule has 7 heteroatoms. The molecule has 1 N–H and O–H groups in total. The monoisotopic (exact) mass is 429 g/mol. The van der Waals surface area contributed by atoms with Gasteiger partial charge in [0.2, 0.25) is 11.7 Å². The zero-order valence-corrected chi connectivity index (χ0v) is 18.6. The first kappa shape index (κ1) is 22.7. The second-order valence-electron chi connectivity index (χ2n) is 7.56. The van der Waals surface area contributed by atoms with Gasteiger partial charge in [0.25, 0.3) is 0 Å². The summed E-state index contributed by atoms with van der Waals surface area (Å²) in [6.07, 6.45) is 1.81. The largest absolute Gasteiger partial charge is 0.497 e. The van der Waals surface area contributed by atoms with Crippen LogP contribution in [0.5, 0.6) is 23.0 Å². The number of nitrogens with zero attached hydrogens (tertiary/aromatic N) is 1. The van der Waals surface area contributed by atoms with Crippen molar-refractivity contribution in [3.63, 3.8) is 0 Å². The molecule has 1 aliphatic heterocycles. The molecule has 2 aromatic carbocycles. The van der Waals surface area contributed by atoms with E-state index < -0.39 is 0 Å². The Labute approximate surface area is 183 Å². The number of aliphatic hydroxyl groups is 1. The summed E-state index contributed by atoms with van der Waals surface area (Å²) in [6.45, 7) is 0.663. The maximum absolute atomic E-state index is 13.1. The van der Waals surface area contributed by atoms with Gasteiger partial charge in [-0.25, -0.2) is 0 Å². The molecule has 1 amide bonds. The number of rotatable bonds is 10. The zero-order chi connectivity index (χ0) is 22.4. The summed E-state index contributed by atoms with van der Waals surface area (Å²) in [4.78, 5) is 15.0. The van der Waals surface area contributed by atoms with Gasteiger partial charge in [-0.1, -0.05) is 12.1 Å². The molecule has 0 aromatic heterocycles. The summed E-state index contributed by atoms with van der Waals surface area (Å²) in [5.74, 6) is 2.37. The van der Waals surface area contributed by atoms with E-state index in [9.17, 15) is 9.90 Å². The summed E-state index contributed by atoms with van der Waals surface area (Å²) >= 11 is 0. The lowest BCUT2D eigenvalue weighted by atomic mass is 9.96. The van der Waals surface area contributed by atoms with Crippen LogP contribution in [0.2, 0.25) is 0 Å². The van der Waals surface area contributed by atoms with Crippen molar-refractivity contribution in [2.75, 3.05) is 41.6 Å². The highest BCUT2D eigenvalue weighted by Gasteiger charge is 2.36.